The zero-order valence-electron chi connectivity index (χ0n) is 10.5. The normalized spacial score (nSPS) is 13.7. The first-order valence-corrected chi connectivity index (χ1v) is 5.90. The number of carboxylic acid groups (broad SMARTS) is 1. The molecule has 0 aromatic heterocycles. The molecular weight excluding hydrogens is 238 g/mol. The fourth-order valence-corrected chi connectivity index (χ4v) is 1.41. The molecule has 0 heterocycles. The first kappa shape index (κ1) is 16.4. The van der Waals surface area contributed by atoms with Crippen LogP contribution in [0.5, 0.6) is 0 Å². The Hall–Kier alpha value is -1.63. The third kappa shape index (κ3) is 6.85. The lowest BCUT2D eigenvalue weighted by atomic mass is 10.0. The highest BCUT2D eigenvalue weighted by atomic mass is 16.4. The SMILES string of the molecule is CC(CCCN)C(=O)N[C@H](CCC(N)=O)C(=O)O. The van der Waals surface area contributed by atoms with Gasteiger partial charge in [0, 0.05) is 12.3 Å². The summed E-state index contributed by atoms with van der Waals surface area (Å²) in [6, 6.07) is -1.08. The lowest BCUT2D eigenvalue weighted by molar-refractivity contribution is -0.142. The zero-order chi connectivity index (χ0) is 14.1. The zero-order valence-corrected chi connectivity index (χ0v) is 10.5. The molecule has 0 aliphatic heterocycles. The smallest absolute Gasteiger partial charge is 0.326 e. The average molecular weight is 259 g/mol. The summed E-state index contributed by atoms with van der Waals surface area (Å²) < 4.78 is 0. The summed E-state index contributed by atoms with van der Waals surface area (Å²) in [6.07, 6.45) is 1.23. The first-order chi connectivity index (χ1) is 8.38. The number of carbonyl (C=O) groups excluding carboxylic acids is 2. The lowest BCUT2D eigenvalue weighted by Crippen LogP contribution is -2.43. The Bertz CT molecular complexity index is 307. The third-order valence-electron chi connectivity index (χ3n) is 2.58. The number of nitrogens with one attached hydrogen (secondary N) is 1. The molecule has 0 rings (SSSR count). The van der Waals surface area contributed by atoms with Gasteiger partial charge in [0.1, 0.15) is 6.04 Å². The number of hydrogen-bond donors (Lipinski definition) is 4. The summed E-state index contributed by atoms with van der Waals surface area (Å²) in [5, 5.41) is 11.3. The molecule has 7 heteroatoms. The van der Waals surface area contributed by atoms with E-state index in [1.807, 2.05) is 0 Å². The van der Waals surface area contributed by atoms with Crippen LogP contribution in [0.1, 0.15) is 32.6 Å². The maximum Gasteiger partial charge on any atom is 0.326 e. The van der Waals surface area contributed by atoms with Crippen molar-refractivity contribution in [3.05, 3.63) is 0 Å². The predicted octanol–water partition coefficient (Wildman–Crippen LogP) is -0.804. The molecule has 18 heavy (non-hydrogen) atoms. The van der Waals surface area contributed by atoms with Crippen LogP contribution in [-0.2, 0) is 14.4 Å². The summed E-state index contributed by atoms with van der Waals surface area (Å²) in [5.41, 5.74) is 10.3. The van der Waals surface area contributed by atoms with Crippen LogP contribution in [0.15, 0.2) is 0 Å². The Labute approximate surface area is 106 Å². The minimum Gasteiger partial charge on any atom is -0.480 e. The molecule has 0 fully saturated rings. The molecule has 0 aromatic carbocycles. The molecule has 2 atom stereocenters. The topological polar surface area (TPSA) is 136 Å². The molecule has 6 N–H and O–H groups in total. The Balaban J connectivity index is 4.26. The number of rotatable bonds is 9. The maximum atomic E-state index is 11.7. The molecular formula is C11H21N3O4. The Morgan fingerprint density at radius 1 is 1.28 bits per heavy atom. The van der Waals surface area contributed by atoms with Gasteiger partial charge in [-0.1, -0.05) is 6.92 Å². The molecule has 0 saturated carbocycles. The highest BCUT2D eigenvalue weighted by Gasteiger charge is 2.22. The van der Waals surface area contributed by atoms with Gasteiger partial charge in [-0.3, -0.25) is 9.59 Å². The quantitative estimate of drug-likeness (QED) is 0.429. The van der Waals surface area contributed by atoms with E-state index < -0.39 is 17.9 Å². The minimum atomic E-state index is -1.17. The van der Waals surface area contributed by atoms with E-state index >= 15 is 0 Å². The van der Waals surface area contributed by atoms with E-state index in [-0.39, 0.29) is 24.7 Å². The van der Waals surface area contributed by atoms with Crippen LogP contribution in [0.25, 0.3) is 0 Å². The van der Waals surface area contributed by atoms with Crippen LogP contribution in [0.3, 0.4) is 0 Å². The fraction of sp³-hybridized carbons (Fsp3) is 0.727. The second-order valence-electron chi connectivity index (χ2n) is 4.24. The van der Waals surface area contributed by atoms with Gasteiger partial charge < -0.3 is 21.9 Å². The van der Waals surface area contributed by atoms with Crippen molar-refractivity contribution in [2.24, 2.45) is 17.4 Å². The van der Waals surface area contributed by atoms with E-state index in [1.165, 1.54) is 0 Å². The van der Waals surface area contributed by atoms with Gasteiger partial charge in [-0.25, -0.2) is 4.79 Å². The number of nitrogens with two attached hydrogens (primary N) is 2. The van der Waals surface area contributed by atoms with Crippen molar-refractivity contribution in [2.75, 3.05) is 6.54 Å². The van der Waals surface area contributed by atoms with Gasteiger partial charge in [-0.05, 0) is 25.8 Å². The monoisotopic (exact) mass is 259 g/mol. The molecule has 2 amide bonds. The van der Waals surface area contributed by atoms with Crippen LogP contribution in [0.2, 0.25) is 0 Å². The molecule has 7 nitrogen and oxygen atoms in total. The number of carbonyl (C=O) groups is 3. The van der Waals surface area contributed by atoms with Crippen molar-refractivity contribution in [3.63, 3.8) is 0 Å². The first-order valence-electron chi connectivity index (χ1n) is 5.90. The van der Waals surface area contributed by atoms with E-state index in [0.717, 1.165) is 0 Å². The Morgan fingerprint density at radius 3 is 2.33 bits per heavy atom. The molecule has 0 aromatic rings. The second-order valence-corrected chi connectivity index (χ2v) is 4.24. The molecule has 0 aliphatic rings. The summed E-state index contributed by atoms with van der Waals surface area (Å²) in [4.78, 5) is 33.2. The number of hydrogen-bond acceptors (Lipinski definition) is 4. The van der Waals surface area contributed by atoms with Gasteiger partial charge in [0.2, 0.25) is 11.8 Å². The minimum absolute atomic E-state index is 0.0000154. The second kappa shape index (κ2) is 8.46. The van der Waals surface area contributed by atoms with E-state index in [0.29, 0.717) is 19.4 Å². The standard InChI is InChI=1S/C11H21N3O4/c1-7(3-2-6-12)10(16)14-8(11(17)18)4-5-9(13)15/h7-8H,2-6,12H2,1H3,(H2,13,15)(H,14,16)(H,17,18)/t7?,8-/m1/s1. The highest BCUT2D eigenvalue weighted by Crippen LogP contribution is 2.06. The van der Waals surface area contributed by atoms with E-state index in [4.69, 9.17) is 16.6 Å². The highest BCUT2D eigenvalue weighted by molar-refractivity contribution is 5.85. The van der Waals surface area contributed by atoms with Crippen LogP contribution in [-0.4, -0.2) is 35.5 Å². The Kier molecular flexibility index (Phi) is 7.69. The van der Waals surface area contributed by atoms with Crippen molar-refractivity contribution in [2.45, 2.75) is 38.6 Å². The van der Waals surface area contributed by atoms with Crippen molar-refractivity contribution in [3.8, 4) is 0 Å². The van der Waals surface area contributed by atoms with E-state index in [1.54, 1.807) is 6.92 Å². The number of primary amides is 1. The van der Waals surface area contributed by atoms with Crippen molar-refractivity contribution in [1.82, 2.24) is 5.32 Å². The molecule has 0 spiro atoms. The molecule has 0 bridgehead atoms. The summed E-state index contributed by atoms with van der Waals surface area (Å²) >= 11 is 0. The van der Waals surface area contributed by atoms with Crippen molar-refractivity contribution >= 4 is 17.8 Å². The molecule has 0 saturated heterocycles. The van der Waals surface area contributed by atoms with Gasteiger partial charge >= 0.3 is 5.97 Å². The van der Waals surface area contributed by atoms with Crippen LogP contribution in [0, 0.1) is 5.92 Å². The Morgan fingerprint density at radius 2 is 1.89 bits per heavy atom. The van der Waals surface area contributed by atoms with Crippen LogP contribution < -0.4 is 16.8 Å². The largest absolute Gasteiger partial charge is 0.480 e. The van der Waals surface area contributed by atoms with E-state index in [9.17, 15) is 14.4 Å². The van der Waals surface area contributed by atoms with Gasteiger partial charge in [-0.2, -0.15) is 0 Å². The summed E-state index contributed by atoms with van der Waals surface area (Å²) in [5.74, 6) is -2.41. The predicted molar refractivity (Wildman–Crippen MR) is 65.4 cm³/mol. The molecule has 0 radical (unpaired) electrons. The number of amides is 2. The molecule has 0 aliphatic carbocycles. The van der Waals surface area contributed by atoms with Crippen LogP contribution >= 0.6 is 0 Å². The lowest BCUT2D eigenvalue weighted by Gasteiger charge is -2.17. The van der Waals surface area contributed by atoms with E-state index in [2.05, 4.69) is 5.32 Å². The van der Waals surface area contributed by atoms with Crippen molar-refractivity contribution < 1.29 is 19.5 Å². The van der Waals surface area contributed by atoms with Crippen molar-refractivity contribution in [1.29, 1.82) is 0 Å². The van der Waals surface area contributed by atoms with Gasteiger partial charge in [0.25, 0.3) is 0 Å². The van der Waals surface area contributed by atoms with Gasteiger partial charge in [-0.15, -0.1) is 0 Å². The maximum absolute atomic E-state index is 11.7. The molecule has 104 valence electrons. The third-order valence-corrected chi connectivity index (χ3v) is 2.58. The molecule has 1 unspecified atom stereocenters. The average Bonchev–Trinajstić information content (AvgIpc) is 2.30. The number of carboxylic acids is 1. The summed E-state index contributed by atoms with van der Waals surface area (Å²) in [7, 11) is 0. The number of aliphatic carboxylic acids is 1. The van der Waals surface area contributed by atoms with Gasteiger partial charge in [0.05, 0.1) is 0 Å². The van der Waals surface area contributed by atoms with Gasteiger partial charge in [0.15, 0.2) is 0 Å². The fourth-order valence-electron chi connectivity index (χ4n) is 1.41. The van der Waals surface area contributed by atoms with Crippen LogP contribution in [0.4, 0.5) is 0 Å². The summed E-state index contributed by atoms with van der Waals surface area (Å²) in [6.45, 7) is 2.19.